The smallest absolute Gasteiger partial charge is 0.249 e. The number of anilines is 1. The molecule has 4 aromatic rings. The van der Waals surface area contributed by atoms with E-state index in [0.717, 1.165) is 27.7 Å². The van der Waals surface area contributed by atoms with E-state index in [4.69, 9.17) is 15.5 Å². The average molecular weight is 419 g/mol. The number of aryl methyl sites for hydroxylation is 1. The summed E-state index contributed by atoms with van der Waals surface area (Å²) in [6.07, 6.45) is 0. The van der Waals surface area contributed by atoms with Gasteiger partial charge in [-0.3, -0.25) is 9.36 Å². The molecule has 0 fully saturated rings. The molecule has 0 aliphatic rings. The van der Waals surface area contributed by atoms with Gasteiger partial charge in [0, 0.05) is 23.2 Å². The number of nitrogens with two attached hydrogens (primary N) is 1. The Bertz CT molecular complexity index is 1300. The first-order chi connectivity index (χ1) is 14.9. The molecule has 158 valence electrons. The number of hydrogen-bond acceptors (Lipinski definition) is 5. The number of ether oxygens (including phenoxy) is 1. The third kappa shape index (κ3) is 3.79. The van der Waals surface area contributed by atoms with Gasteiger partial charge < -0.3 is 15.8 Å². The number of fused-ring (bicyclic) bond motifs is 1. The van der Waals surface area contributed by atoms with E-state index in [1.165, 1.54) is 12.1 Å². The number of methoxy groups -OCH3 is 1. The minimum absolute atomic E-state index is 0.295. The van der Waals surface area contributed by atoms with Crippen LogP contribution in [-0.4, -0.2) is 27.6 Å². The van der Waals surface area contributed by atoms with Crippen molar-refractivity contribution in [1.29, 1.82) is 0 Å². The Balaban J connectivity index is 1.81. The normalized spacial score (nSPS) is 11.0. The van der Waals surface area contributed by atoms with Gasteiger partial charge in [0.05, 0.1) is 18.2 Å². The Morgan fingerprint density at radius 3 is 2.65 bits per heavy atom. The highest BCUT2D eigenvalue weighted by molar-refractivity contribution is 6.06. The van der Waals surface area contributed by atoms with E-state index in [9.17, 15) is 9.18 Å². The van der Waals surface area contributed by atoms with Crippen LogP contribution in [0.2, 0.25) is 0 Å². The van der Waals surface area contributed by atoms with E-state index >= 15 is 0 Å². The number of carbonyl (C=O) groups excluding carboxylic acids is 1. The molecule has 1 amide bonds. The maximum absolute atomic E-state index is 13.5. The second-order valence-electron chi connectivity index (χ2n) is 7.21. The highest BCUT2D eigenvalue weighted by atomic mass is 19.1. The second kappa shape index (κ2) is 8.06. The third-order valence-electron chi connectivity index (χ3n) is 5.13. The Morgan fingerprint density at radius 2 is 1.94 bits per heavy atom. The molecule has 0 saturated carbocycles. The lowest BCUT2D eigenvalue weighted by atomic mass is 10.1. The minimum atomic E-state index is -0.498. The Labute approximate surface area is 178 Å². The van der Waals surface area contributed by atoms with E-state index in [-0.39, 0.29) is 5.82 Å². The number of halogens is 1. The lowest BCUT2D eigenvalue weighted by molar-refractivity contribution is 0.100. The molecule has 8 heteroatoms. The Morgan fingerprint density at radius 1 is 1.16 bits per heavy atom. The van der Waals surface area contributed by atoms with E-state index in [1.807, 2.05) is 36.6 Å². The van der Waals surface area contributed by atoms with Crippen LogP contribution in [0, 0.1) is 19.7 Å². The summed E-state index contributed by atoms with van der Waals surface area (Å²) in [5.41, 5.74) is 9.08. The highest BCUT2D eigenvalue weighted by Gasteiger charge is 2.18. The molecule has 0 unspecified atom stereocenters. The summed E-state index contributed by atoms with van der Waals surface area (Å²) in [4.78, 5) is 21.1. The number of amides is 1. The molecular weight excluding hydrogens is 397 g/mol. The first-order valence-corrected chi connectivity index (χ1v) is 9.71. The molecular formula is C23H22FN5O2. The summed E-state index contributed by atoms with van der Waals surface area (Å²) >= 11 is 0. The predicted molar refractivity (Wildman–Crippen MR) is 117 cm³/mol. The van der Waals surface area contributed by atoms with Gasteiger partial charge in [0.2, 0.25) is 17.7 Å². The number of rotatable bonds is 6. The van der Waals surface area contributed by atoms with E-state index < -0.39 is 5.91 Å². The maximum atomic E-state index is 13.5. The van der Waals surface area contributed by atoms with Crippen molar-refractivity contribution >= 4 is 22.6 Å². The lowest BCUT2D eigenvalue weighted by Crippen LogP contribution is -2.12. The van der Waals surface area contributed by atoms with Gasteiger partial charge in [-0.05, 0) is 49.7 Å². The van der Waals surface area contributed by atoms with E-state index in [1.54, 1.807) is 25.3 Å². The lowest BCUT2D eigenvalue weighted by Gasteiger charge is -2.15. The van der Waals surface area contributed by atoms with Gasteiger partial charge in [-0.15, -0.1) is 0 Å². The number of benzene rings is 2. The zero-order valence-electron chi connectivity index (χ0n) is 17.4. The first kappa shape index (κ1) is 20.3. The van der Waals surface area contributed by atoms with Crippen LogP contribution in [0.25, 0.3) is 16.9 Å². The first-order valence-electron chi connectivity index (χ1n) is 9.71. The fraction of sp³-hybridized carbons (Fsp3) is 0.174. The standard InChI is InChI=1S/C23H22FN5O2/c1-13-10-18-17(20(25)30)8-5-9-19(18)29(13)23-27-21(14(2)22(28-23)31-3)26-12-15-6-4-7-16(24)11-15/h4-11H,12H2,1-3H3,(H2,25,30)(H,26,27,28). The Hall–Kier alpha value is -3.94. The zero-order valence-corrected chi connectivity index (χ0v) is 17.4. The van der Waals surface area contributed by atoms with Crippen molar-refractivity contribution < 1.29 is 13.9 Å². The molecule has 7 nitrogen and oxygen atoms in total. The molecule has 2 aromatic carbocycles. The largest absolute Gasteiger partial charge is 0.481 e. The van der Waals surface area contributed by atoms with Crippen LogP contribution in [-0.2, 0) is 6.54 Å². The number of primary amides is 1. The van der Waals surface area contributed by atoms with Gasteiger partial charge in [0.15, 0.2) is 0 Å². The summed E-state index contributed by atoms with van der Waals surface area (Å²) in [5.74, 6) is 0.579. The van der Waals surface area contributed by atoms with Crippen LogP contribution in [0.5, 0.6) is 5.88 Å². The number of nitrogens with zero attached hydrogens (tertiary/aromatic N) is 3. The fourth-order valence-electron chi connectivity index (χ4n) is 3.63. The highest BCUT2D eigenvalue weighted by Crippen LogP contribution is 2.29. The molecule has 0 spiro atoms. The quantitative estimate of drug-likeness (QED) is 0.494. The van der Waals surface area contributed by atoms with Gasteiger partial charge in [0.25, 0.3) is 0 Å². The molecule has 4 rings (SSSR count). The van der Waals surface area contributed by atoms with Gasteiger partial charge in [-0.25, -0.2) is 4.39 Å². The van der Waals surface area contributed by atoms with Crippen molar-refractivity contribution in [2.75, 3.05) is 12.4 Å². The van der Waals surface area contributed by atoms with Crippen molar-refractivity contribution in [2.24, 2.45) is 5.73 Å². The van der Waals surface area contributed by atoms with Crippen molar-refractivity contribution in [1.82, 2.24) is 14.5 Å². The monoisotopic (exact) mass is 419 g/mol. The van der Waals surface area contributed by atoms with Gasteiger partial charge >= 0.3 is 0 Å². The fourth-order valence-corrected chi connectivity index (χ4v) is 3.63. The van der Waals surface area contributed by atoms with Crippen LogP contribution in [0.15, 0.2) is 48.5 Å². The Kier molecular flexibility index (Phi) is 5.29. The molecule has 0 aliphatic heterocycles. The molecule has 3 N–H and O–H groups in total. The third-order valence-corrected chi connectivity index (χ3v) is 5.13. The predicted octanol–water partition coefficient (Wildman–Crippen LogP) is 3.90. The number of aromatic nitrogens is 3. The maximum Gasteiger partial charge on any atom is 0.249 e. The topological polar surface area (TPSA) is 95.1 Å². The zero-order chi connectivity index (χ0) is 22.1. The number of nitrogens with one attached hydrogen (secondary N) is 1. The van der Waals surface area contributed by atoms with Crippen molar-refractivity contribution in [3.05, 3.63) is 76.7 Å². The van der Waals surface area contributed by atoms with Crippen molar-refractivity contribution in [3.63, 3.8) is 0 Å². The molecule has 31 heavy (non-hydrogen) atoms. The van der Waals surface area contributed by atoms with Crippen LogP contribution in [0.3, 0.4) is 0 Å². The molecule has 2 aromatic heterocycles. The van der Waals surface area contributed by atoms with Crippen molar-refractivity contribution in [3.8, 4) is 11.8 Å². The SMILES string of the molecule is COc1nc(-n2c(C)cc3c(C(N)=O)cccc32)nc(NCc2cccc(F)c2)c1C. The summed E-state index contributed by atoms with van der Waals surface area (Å²) < 4.78 is 20.8. The van der Waals surface area contributed by atoms with Gasteiger partial charge in [-0.1, -0.05) is 18.2 Å². The van der Waals surface area contributed by atoms with Crippen LogP contribution in [0.4, 0.5) is 10.2 Å². The summed E-state index contributed by atoms with van der Waals surface area (Å²) in [5, 5.41) is 3.97. The minimum Gasteiger partial charge on any atom is -0.481 e. The summed E-state index contributed by atoms with van der Waals surface area (Å²) in [6.45, 7) is 4.14. The molecule has 0 bridgehead atoms. The molecule has 0 saturated heterocycles. The van der Waals surface area contributed by atoms with E-state index in [2.05, 4.69) is 10.3 Å². The molecule has 0 aliphatic carbocycles. The molecule has 0 radical (unpaired) electrons. The van der Waals surface area contributed by atoms with Gasteiger partial charge in [0.1, 0.15) is 11.6 Å². The van der Waals surface area contributed by atoms with Crippen LogP contribution >= 0.6 is 0 Å². The van der Waals surface area contributed by atoms with Crippen LogP contribution < -0.4 is 15.8 Å². The van der Waals surface area contributed by atoms with Crippen molar-refractivity contribution in [2.45, 2.75) is 20.4 Å². The molecule has 0 atom stereocenters. The van der Waals surface area contributed by atoms with E-state index in [0.29, 0.717) is 29.8 Å². The summed E-state index contributed by atoms with van der Waals surface area (Å²) in [6, 6.07) is 13.6. The summed E-state index contributed by atoms with van der Waals surface area (Å²) in [7, 11) is 1.54. The van der Waals surface area contributed by atoms with Crippen LogP contribution in [0.1, 0.15) is 27.2 Å². The van der Waals surface area contributed by atoms with Gasteiger partial charge in [-0.2, -0.15) is 9.97 Å². The number of hydrogen-bond donors (Lipinski definition) is 2. The second-order valence-corrected chi connectivity index (χ2v) is 7.21. The number of carbonyl (C=O) groups is 1. The average Bonchev–Trinajstić information content (AvgIpc) is 3.08. The molecule has 2 heterocycles.